The summed E-state index contributed by atoms with van der Waals surface area (Å²) in [7, 11) is 0. The van der Waals surface area contributed by atoms with Crippen molar-refractivity contribution in [3.63, 3.8) is 0 Å². The van der Waals surface area contributed by atoms with Crippen LogP contribution in [-0.4, -0.2) is 13.1 Å². The van der Waals surface area contributed by atoms with E-state index >= 15 is 0 Å². The Morgan fingerprint density at radius 1 is 0.667 bits per heavy atom. The first kappa shape index (κ1) is 11.1. The van der Waals surface area contributed by atoms with Gasteiger partial charge in [-0.1, -0.05) is 24.3 Å². The average Bonchev–Trinajstić information content (AvgIpc) is 3.02. The number of anilines is 4. The summed E-state index contributed by atoms with van der Waals surface area (Å²) < 4.78 is 0. The van der Waals surface area contributed by atoms with E-state index < -0.39 is 0 Å². The molecule has 0 saturated carbocycles. The van der Waals surface area contributed by atoms with Crippen molar-refractivity contribution in [2.75, 3.05) is 33.5 Å². The van der Waals surface area contributed by atoms with E-state index in [0.29, 0.717) is 0 Å². The average molecular weight is 276 g/mol. The van der Waals surface area contributed by atoms with Gasteiger partial charge in [0.1, 0.15) is 0 Å². The second-order valence-electron chi connectivity index (χ2n) is 5.64. The molecule has 0 aromatic heterocycles. The van der Waals surface area contributed by atoms with E-state index in [9.17, 15) is 0 Å². The topological polar surface area (TPSA) is 30.5 Å². The molecule has 4 heteroatoms. The first-order valence-corrected chi connectivity index (χ1v) is 7.43. The molecule has 0 unspecified atom stereocenters. The lowest BCUT2D eigenvalue weighted by Gasteiger charge is -2.20. The quantitative estimate of drug-likeness (QED) is 0.772. The first-order chi connectivity index (χ1) is 10.4. The molecule has 4 nitrogen and oxygen atoms in total. The molecule has 0 saturated heterocycles. The Morgan fingerprint density at radius 3 is 1.67 bits per heavy atom. The van der Waals surface area contributed by atoms with E-state index in [1.54, 1.807) is 0 Å². The third-order valence-electron chi connectivity index (χ3n) is 4.42. The standard InChI is InChI=1S/C17H16N4/c1-3-8-14-12(6-1)18-16-17-19-13-7-2-4-9-15(13)21(17)11-5-10-20(14)16/h1-4,6-9,18-19H,5,10-11H2. The molecule has 0 bridgehead atoms. The summed E-state index contributed by atoms with van der Waals surface area (Å²) >= 11 is 0. The van der Waals surface area contributed by atoms with Crippen LogP contribution < -0.4 is 20.4 Å². The van der Waals surface area contributed by atoms with Gasteiger partial charge in [0.25, 0.3) is 0 Å². The molecule has 104 valence electrons. The Kier molecular flexibility index (Phi) is 2.08. The minimum Gasteiger partial charge on any atom is -0.337 e. The van der Waals surface area contributed by atoms with Gasteiger partial charge in [-0.05, 0) is 30.7 Å². The van der Waals surface area contributed by atoms with Crippen molar-refractivity contribution in [1.29, 1.82) is 0 Å². The van der Waals surface area contributed by atoms with Crippen molar-refractivity contribution in [2.45, 2.75) is 6.42 Å². The van der Waals surface area contributed by atoms with Crippen LogP contribution in [0, 0.1) is 0 Å². The summed E-state index contributed by atoms with van der Waals surface area (Å²) in [6.45, 7) is 2.09. The monoisotopic (exact) mass is 276 g/mol. The summed E-state index contributed by atoms with van der Waals surface area (Å²) in [5.74, 6) is 2.34. The number of hydrogen-bond acceptors (Lipinski definition) is 4. The molecular formula is C17H16N4. The first-order valence-electron chi connectivity index (χ1n) is 7.43. The molecule has 21 heavy (non-hydrogen) atoms. The molecular weight excluding hydrogens is 260 g/mol. The number of rotatable bonds is 0. The minimum atomic E-state index is 1.04. The molecule has 3 aliphatic rings. The smallest absolute Gasteiger partial charge is 0.153 e. The SMILES string of the molecule is c1ccc2c(c1)NC1=C3Nc4ccccc4N3CCCN12. The van der Waals surface area contributed by atoms with Crippen LogP contribution in [0.25, 0.3) is 0 Å². The van der Waals surface area contributed by atoms with Crippen LogP contribution in [0.4, 0.5) is 22.7 Å². The molecule has 0 aliphatic carbocycles. The second kappa shape index (κ2) is 3.95. The fourth-order valence-corrected chi connectivity index (χ4v) is 3.49. The van der Waals surface area contributed by atoms with Gasteiger partial charge in [0.05, 0.1) is 22.7 Å². The lowest BCUT2D eigenvalue weighted by Crippen LogP contribution is -2.26. The van der Waals surface area contributed by atoms with Crippen molar-refractivity contribution < 1.29 is 0 Å². The summed E-state index contributed by atoms with van der Waals surface area (Å²) in [4.78, 5) is 4.78. The highest BCUT2D eigenvalue weighted by atomic mass is 15.4. The van der Waals surface area contributed by atoms with Gasteiger partial charge in [0.2, 0.25) is 0 Å². The molecule has 0 amide bonds. The summed E-state index contributed by atoms with van der Waals surface area (Å²) in [5, 5.41) is 7.17. The van der Waals surface area contributed by atoms with E-state index in [-0.39, 0.29) is 0 Å². The molecule has 5 rings (SSSR count). The number of nitrogens with zero attached hydrogens (tertiary/aromatic N) is 2. The molecule has 2 aromatic rings. The van der Waals surface area contributed by atoms with Gasteiger partial charge in [-0.2, -0.15) is 0 Å². The largest absolute Gasteiger partial charge is 0.337 e. The molecule has 3 heterocycles. The van der Waals surface area contributed by atoms with E-state index in [1.807, 2.05) is 0 Å². The van der Waals surface area contributed by atoms with Crippen LogP contribution in [0.5, 0.6) is 0 Å². The zero-order valence-electron chi connectivity index (χ0n) is 11.6. The van der Waals surface area contributed by atoms with Crippen LogP contribution in [0.3, 0.4) is 0 Å². The van der Waals surface area contributed by atoms with Crippen LogP contribution in [0.1, 0.15) is 6.42 Å². The van der Waals surface area contributed by atoms with Gasteiger partial charge in [-0.3, -0.25) is 0 Å². The van der Waals surface area contributed by atoms with E-state index in [0.717, 1.165) is 19.5 Å². The van der Waals surface area contributed by atoms with Gasteiger partial charge in [0.15, 0.2) is 11.6 Å². The predicted molar refractivity (Wildman–Crippen MR) is 86.5 cm³/mol. The molecule has 3 aliphatic heterocycles. The molecule has 0 fully saturated rings. The summed E-state index contributed by atoms with van der Waals surface area (Å²) in [5.41, 5.74) is 4.94. The number of para-hydroxylation sites is 4. The van der Waals surface area contributed by atoms with E-state index in [2.05, 4.69) is 69.0 Å². The zero-order valence-corrected chi connectivity index (χ0v) is 11.6. The van der Waals surface area contributed by atoms with Gasteiger partial charge >= 0.3 is 0 Å². The maximum absolute atomic E-state index is 3.58. The van der Waals surface area contributed by atoms with Crippen molar-refractivity contribution in [3.8, 4) is 0 Å². The minimum absolute atomic E-state index is 1.04. The summed E-state index contributed by atoms with van der Waals surface area (Å²) in [6, 6.07) is 17.0. The van der Waals surface area contributed by atoms with Crippen LogP contribution in [0.15, 0.2) is 60.2 Å². The Labute approximate surface area is 123 Å². The molecule has 0 radical (unpaired) electrons. The molecule has 2 N–H and O–H groups in total. The maximum Gasteiger partial charge on any atom is 0.153 e. The third-order valence-corrected chi connectivity index (χ3v) is 4.42. The van der Waals surface area contributed by atoms with E-state index in [4.69, 9.17) is 0 Å². The second-order valence-corrected chi connectivity index (χ2v) is 5.64. The lowest BCUT2D eigenvalue weighted by molar-refractivity contribution is 0.814. The number of fused-ring (bicyclic) bond motifs is 6. The molecule has 2 aromatic carbocycles. The van der Waals surface area contributed by atoms with Crippen molar-refractivity contribution in [3.05, 3.63) is 60.2 Å². The molecule has 0 atom stereocenters. The van der Waals surface area contributed by atoms with Crippen molar-refractivity contribution in [1.82, 2.24) is 0 Å². The zero-order chi connectivity index (χ0) is 13.8. The highest BCUT2D eigenvalue weighted by Crippen LogP contribution is 2.44. The van der Waals surface area contributed by atoms with Gasteiger partial charge in [-0.25, -0.2) is 0 Å². The van der Waals surface area contributed by atoms with E-state index in [1.165, 1.54) is 34.4 Å². The van der Waals surface area contributed by atoms with Crippen LogP contribution >= 0.6 is 0 Å². The van der Waals surface area contributed by atoms with Gasteiger partial charge in [0, 0.05) is 13.1 Å². The van der Waals surface area contributed by atoms with Crippen molar-refractivity contribution >= 4 is 22.7 Å². The highest BCUT2D eigenvalue weighted by Gasteiger charge is 2.35. The fraction of sp³-hybridized carbons (Fsp3) is 0.176. The van der Waals surface area contributed by atoms with Crippen LogP contribution in [-0.2, 0) is 0 Å². The lowest BCUT2D eigenvalue weighted by atomic mass is 10.2. The van der Waals surface area contributed by atoms with Gasteiger partial charge in [-0.15, -0.1) is 0 Å². The number of hydrogen-bond donors (Lipinski definition) is 2. The third kappa shape index (κ3) is 1.44. The Morgan fingerprint density at radius 2 is 1.14 bits per heavy atom. The Hall–Kier alpha value is -2.62. The van der Waals surface area contributed by atoms with Crippen LogP contribution in [0.2, 0.25) is 0 Å². The number of nitrogens with one attached hydrogen (secondary N) is 2. The Bertz CT molecular complexity index is 701. The fourth-order valence-electron chi connectivity index (χ4n) is 3.49. The van der Waals surface area contributed by atoms with Gasteiger partial charge < -0.3 is 20.4 Å². The Balaban J connectivity index is 1.68. The summed E-state index contributed by atoms with van der Waals surface area (Å²) in [6.07, 6.45) is 1.14. The maximum atomic E-state index is 3.58. The van der Waals surface area contributed by atoms with Crippen molar-refractivity contribution in [2.24, 2.45) is 0 Å². The normalized spacial score (nSPS) is 18.3. The highest BCUT2D eigenvalue weighted by molar-refractivity contribution is 5.87. The predicted octanol–water partition coefficient (Wildman–Crippen LogP) is 3.38. The number of benzene rings is 2. The molecule has 0 spiro atoms.